The van der Waals surface area contributed by atoms with Crippen molar-refractivity contribution in [1.82, 2.24) is 0 Å². The Morgan fingerprint density at radius 2 is 2.00 bits per heavy atom. The van der Waals surface area contributed by atoms with Crippen molar-refractivity contribution in [3.63, 3.8) is 0 Å². The predicted octanol–water partition coefficient (Wildman–Crippen LogP) is 2.23. The highest BCUT2D eigenvalue weighted by molar-refractivity contribution is 6.31. The minimum absolute atomic E-state index is 0.689. The second-order valence-electron chi connectivity index (χ2n) is 2.78. The summed E-state index contributed by atoms with van der Waals surface area (Å²) < 4.78 is 0. The number of benzene rings is 2. The van der Waals surface area contributed by atoms with Crippen molar-refractivity contribution in [2.75, 3.05) is 0 Å². The minimum Gasteiger partial charge on any atom is -0.502 e. The molecule has 2 rings (SSSR count). The quantitative estimate of drug-likeness (QED) is 0.670. The number of halogens is 1. The number of hydrogen-bond acceptors (Lipinski definition) is 0. The van der Waals surface area contributed by atoms with Crippen LogP contribution in [0.15, 0.2) is 36.4 Å². The molecule has 0 bridgehead atoms. The van der Waals surface area contributed by atoms with Crippen LogP contribution in [-0.2, 0) is 0 Å². The van der Waals surface area contributed by atoms with Crippen molar-refractivity contribution in [2.24, 2.45) is 0 Å². The van der Waals surface area contributed by atoms with E-state index in [1.165, 1.54) is 0 Å². The molecule has 0 fully saturated rings. The van der Waals surface area contributed by atoms with Crippen LogP contribution >= 0.6 is 11.6 Å². The van der Waals surface area contributed by atoms with Crippen LogP contribution in [0.3, 0.4) is 0 Å². The normalized spacial score (nSPS) is 10.2. The second kappa shape index (κ2) is 3.15. The first kappa shape index (κ1) is 8.20. The summed E-state index contributed by atoms with van der Waals surface area (Å²) in [6.45, 7) is 0. The molecule has 0 radical (unpaired) electrons. The van der Waals surface area contributed by atoms with E-state index in [4.69, 9.17) is 17.1 Å². The maximum absolute atomic E-state index is 8.82. The number of nitrogens with one attached hydrogen (secondary N) is 1. The molecule has 0 aliphatic heterocycles. The van der Waals surface area contributed by atoms with Gasteiger partial charge in [0.2, 0.25) is 5.69 Å². The van der Waals surface area contributed by atoms with Crippen LogP contribution in [0, 0.1) is 0 Å². The highest BCUT2D eigenvalue weighted by Crippen LogP contribution is 2.22. The van der Waals surface area contributed by atoms with E-state index >= 15 is 0 Å². The third-order valence-electron chi connectivity index (χ3n) is 1.96. The molecule has 0 aliphatic rings. The van der Waals surface area contributed by atoms with Crippen LogP contribution in [0.5, 0.6) is 0 Å². The van der Waals surface area contributed by atoms with Crippen LogP contribution in [0.4, 0.5) is 5.69 Å². The third-order valence-corrected chi connectivity index (χ3v) is 2.20. The second-order valence-corrected chi connectivity index (χ2v) is 3.22. The van der Waals surface area contributed by atoms with E-state index in [1.54, 1.807) is 12.1 Å². The maximum atomic E-state index is 8.82. The summed E-state index contributed by atoms with van der Waals surface area (Å²) in [6.07, 6.45) is 0. The minimum atomic E-state index is 0.689. The fourth-order valence-electron chi connectivity index (χ4n) is 1.35. The van der Waals surface area contributed by atoms with Crippen LogP contribution in [0.25, 0.3) is 16.3 Å². The van der Waals surface area contributed by atoms with Gasteiger partial charge < -0.3 is 5.53 Å². The molecule has 64 valence electrons. The Kier molecular flexibility index (Phi) is 1.99. The Balaban J connectivity index is 2.84. The molecule has 0 atom stereocenters. The van der Waals surface area contributed by atoms with Crippen LogP contribution in [0.2, 0.25) is 5.02 Å². The lowest BCUT2D eigenvalue weighted by molar-refractivity contribution is -0.377. The van der Waals surface area contributed by atoms with Crippen molar-refractivity contribution < 1.29 is 5.11 Å². The average Bonchev–Trinajstić information content (AvgIpc) is 2.16. The average molecular weight is 191 g/mol. The molecule has 2 nitrogen and oxygen atoms in total. The first-order chi connectivity index (χ1) is 6.31. The molecule has 0 saturated heterocycles. The summed E-state index contributed by atoms with van der Waals surface area (Å²) in [7, 11) is 0. The highest BCUT2D eigenvalue weighted by Gasteiger charge is 2.01. The van der Waals surface area contributed by atoms with Crippen LogP contribution < -0.4 is 5.11 Å². The van der Waals surface area contributed by atoms with Gasteiger partial charge >= 0.3 is 0 Å². The van der Waals surface area contributed by atoms with Gasteiger partial charge in [-0.3, -0.25) is 5.11 Å². The van der Waals surface area contributed by atoms with Crippen molar-refractivity contribution in [3.05, 3.63) is 47.0 Å². The number of nitrogens with zero attached hydrogens (tertiary/aromatic N) is 1. The van der Waals surface area contributed by atoms with Gasteiger partial charge in [0.25, 0.3) is 0 Å². The number of hydrogen-bond donors (Lipinski definition) is 1. The molecule has 3 heteroatoms. The van der Waals surface area contributed by atoms with Crippen molar-refractivity contribution in [1.29, 1.82) is 0 Å². The largest absolute Gasteiger partial charge is 0.502 e. The molecular weight excluding hydrogens is 184 g/mol. The van der Waals surface area contributed by atoms with Crippen molar-refractivity contribution >= 4 is 28.1 Å². The van der Waals surface area contributed by atoms with Gasteiger partial charge in [-0.25, -0.2) is 0 Å². The highest BCUT2D eigenvalue weighted by atomic mass is 35.5. The molecule has 0 aliphatic carbocycles. The smallest absolute Gasteiger partial charge is 0.200 e. The molecular formula is C10H7ClN2. The zero-order chi connectivity index (χ0) is 9.26. The predicted molar refractivity (Wildman–Crippen MR) is 52.9 cm³/mol. The van der Waals surface area contributed by atoms with Gasteiger partial charge in [-0.05, 0) is 23.6 Å². The molecule has 2 aromatic rings. The standard InChI is InChI=1S/C10H7ClN2/c11-8-4-5-9-7(6-8)2-1-3-10(9)13-12/h1-6,13H. The monoisotopic (exact) mass is 190 g/mol. The summed E-state index contributed by atoms with van der Waals surface area (Å²) in [6, 6.07) is 11.1. The molecule has 0 aromatic heterocycles. The lowest BCUT2D eigenvalue weighted by Crippen LogP contribution is -2.54. The van der Waals surface area contributed by atoms with Gasteiger partial charge in [0.1, 0.15) is 0 Å². The fourth-order valence-corrected chi connectivity index (χ4v) is 1.53. The number of rotatable bonds is 1. The fraction of sp³-hybridized carbons (Fsp3) is 0. The summed E-state index contributed by atoms with van der Waals surface area (Å²) in [4.78, 5) is 0. The van der Waals surface area contributed by atoms with Gasteiger partial charge in [-0.2, -0.15) is 0 Å². The molecule has 0 unspecified atom stereocenters. The Morgan fingerprint density at radius 1 is 1.15 bits per heavy atom. The van der Waals surface area contributed by atoms with E-state index in [2.05, 4.69) is 5.11 Å². The van der Waals surface area contributed by atoms with Crippen molar-refractivity contribution in [2.45, 2.75) is 0 Å². The molecule has 0 amide bonds. The molecule has 13 heavy (non-hydrogen) atoms. The summed E-state index contributed by atoms with van der Waals surface area (Å²) in [5.41, 5.74) is 9.51. The zero-order valence-corrected chi connectivity index (χ0v) is 7.55. The zero-order valence-electron chi connectivity index (χ0n) is 6.79. The molecule has 0 saturated carbocycles. The molecule has 1 N–H and O–H groups in total. The molecule has 0 heterocycles. The summed E-state index contributed by atoms with van der Waals surface area (Å²) >= 11 is 5.83. The Hall–Kier alpha value is -1.41. The van der Waals surface area contributed by atoms with E-state index in [0.717, 1.165) is 10.8 Å². The lowest BCUT2D eigenvalue weighted by atomic mass is 10.1. The van der Waals surface area contributed by atoms with Gasteiger partial charge in [0.05, 0.1) is 5.39 Å². The summed E-state index contributed by atoms with van der Waals surface area (Å²) in [5.74, 6) is 0. The Bertz CT molecular complexity index is 465. The topological polar surface area (TPSA) is 36.3 Å². The van der Waals surface area contributed by atoms with E-state index in [-0.39, 0.29) is 0 Å². The van der Waals surface area contributed by atoms with Crippen molar-refractivity contribution in [3.8, 4) is 0 Å². The lowest BCUT2D eigenvalue weighted by Gasteiger charge is -1.98. The van der Waals surface area contributed by atoms with Gasteiger partial charge in [0, 0.05) is 11.1 Å². The van der Waals surface area contributed by atoms with Gasteiger partial charge in [-0.15, -0.1) is 0 Å². The first-order valence-corrected chi connectivity index (χ1v) is 4.27. The Morgan fingerprint density at radius 3 is 2.77 bits per heavy atom. The third kappa shape index (κ3) is 1.40. The van der Waals surface area contributed by atoms with Crippen LogP contribution in [-0.4, -0.2) is 0 Å². The summed E-state index contributed by atoms with van der Waals surface area (Å²) in [5, 5.41) is 4.80. The van der Waals surface area contributed by atoms with Crippen LogP contribution in [0.1, 0.15) is 0 Å². The van der Waals surface area contributed by atoms with Gasteiger partial charge in [-0.1, -0.05) is 23.7 Å². The van der Waals surface area contributed by atoms with E-state index in [1.807, 2.05) is 24.3 Å². The SMILES string of the molecule is [N-]=[NH+]c1cccc2cc(Cl)ccc12. The van der Waals surface area contributed by atoms with E-state index in [9.17, 15) is 0 Å². The van der Waals surface area contributed by atoms with E-state index < -0.39 is 0 Å². The Labute approximate surface area is 80.7 Å². The first-order valence-electron chi connectivity index (χ1n) is 3.89. The number of fused-ring (bicyclic) bond motifs is 1. The maximum Gasteiger partial charge on any atom is 0.200 e. The van der Waals surface area contributed by atoms with E-state index in [0.29, 0.717) is 10.7 Å². The molecule has 2 aromatic carbocycles. The van der Waals surface area contributed by atoms with Gasteiger partial charge in [0.15, 0.2) is 0 Å². The molecule has 0 spiro atoms.